The van der Waals surface area contributed by atoms with Gasteiger partial charge in [-0.15, -0.1) is 0 Å². The van der Waals surface area contributed by atoms with E-state index in [4.69, 9.17) is 0 Å². The van der Waals surface area contributed by atoms with Crippen molar-refractivity contribution in [1.82, 2.24) is 0 Å². The highest BCUT2D eigenvalue weighted by Gasteiger charge is 2.31. The molecule has 4 rings (SSSR count). The molecule has 2 aromatic rings. The molecular weight excluding hydrogens is 270 g/mol. The summed E-state index contributed by atoms with van der Waals surface area (Å²) in [6.07, 6.45) is 5.42. The van der Waals surface area contributed by atoms with Crippen molar-refractivity contribution < 1.29 is 5.11 Å². The Balaban J connectivity index is 1.99. The van der Waals surface area contributed by atoms with Gasteiger partial charge >= 0.3 is 0 Å². The van der Waals surface area contributed by atoms with E-state index in [0.717, 1.165) is 30.4 Å². The first-order valence-corrected chi connectivity index (χ1v) is 7.89. The van der Waals surface area contributed by atoms with Crippen molar-refractivity contribution in [2.75, 3.05) is 4.90 Å². The number of fused-ring (bicyclic) bond motifs is 1. The average Bonchev–Trinajstić information content (AvgIpc) is 3.39. The number of anilines is 1. The summed E-state index contributed by atoms with van der Waals surface area (Å²) >= 11 is 0. The smallest absolute Gasteiger partial charge is 0.125 e. The number of hydrogen-bond acceptors (Lipinski definition) is 2. The lowest BCUT2D eigenvalue weighted by atomic mass is 9.94. The fraction of sp³-hybridized carbons (Fsp3) is 0.200. The minimum atomic E-state index is 0.374. The third kappa shape index (κ3) is 2.03. The summed E-state index contributed by atoms with van der Waals surface area (Å²) in [4.78, 5) is 2.32. The number of nitrogens with zero attached hydrogens (tertiary/aromatic N) is 1. The fourth-order valence-electron chi connectivity index (χ4n) is 3.20. The standard InChI is InChI=1S/C20H19NO/c1-2-16-13-15-7-6-10-18(22)19(15)20(14-11-12-14)21(16)17-8-4-3-5-9-17/h3-10,13,22H,2,11-12H2,1H3. The van der Waals surface area contributed by atoms with Crippen LogP contribution >= 0.6 is 0 Å². The Morgan fingerprint density at radius 1 is 1.00 bits per heavy atom. The molecule has 0 atom stereocenters. The lowest BCUT2D eigenvalue weighted by Crippen LogP contribution is -2.24. The molecule has 2 aromatic carbocycles. The maximum Gasteiger partial charge on any atom is 0.125 e. The zero-order valence-electron chi connectivity index (χ0n) is 12.7. The summed E-state index contributed by atoms with van der Waals surface area (Å²) < 4.78 is 0. The Kier molecular flexibility index (Phi) is 3.04. The zero-order valence-corrected chi connectivity index (χ0v) is 12.7. The van der Waals surface area contributed by atoms with E-state index < -0.39 is 0 Å². The summed E-state index contributed by atoms with van der Waals surface area (Å²) in [5.41, 5.74) is 7.18. The van der Waals surface area contributed by atoms with Crippen molar-refractivity contribution in [3.63, 3.8) is 0 Å². The molecule has 2 aliphatic rings. The summed E-state index contributed by atoms with van der Waals surface area (Å²) in [7, 11) is 0. The third-order valence-electron chi connectivity index (χ3n) is 4.36. The lowest BCUT2D eigenvalue weighted by molar-refractivity contribution is 0.473. The van der Waals surface area contributed by atoms with Crippen molar-refractivity contribution in [3.05, 3.63) is 70.9 Å². The van der Waals surface area contributed by atoms with Crippen LogP contribution in [-0.4, -0.2) is 5.11 Å². The number of allylic oxidation sites excluding steroid dienone is 2. The highest BCUT2D eigenvalue weighted by Crippen LogP contribution is 2.48. The molecule has 1 fully saturated rings. The van der Waals surface area contributed by atoms with Crippen LogP contribution in [0, 0.1) is 0 Å². The highest BCUT2D eigenvalue weighted by atomic mass is 16.3. The van der Waals surface area contributed by atoms with Crippen molar-refractivity contribution >= 4 is 17.5 Å². The van der Waals surface area contributed by atoms with Crippen LogP contribution in [0.2, 0.25) is 0 Å². The predicted molar refractivity (Wildman–Crippen MR) is 91.4 cm³/mol. The van der Waals surface area contributed by atoms with Gasteiger partial charge in [0, 0.05) is 16.9 Å². The zero-order chi connectivity index (χ0) is 15.1. The van der Waals surface area contributed by atoms with Crippen molar-refractivity contribution in [2.24, 2.45) is 0 Å². The van der Waals surface area contributed by atoms with Gasteiger partial charge in [0.2, 0.25) is 0 Å². The monoisotopic (exact) mass is 289 g/mol. The van der Waals surface area contributed by atoms with E-state index in [1.807, 2.05) is 12.1 Å². The van der Waals surface area contributed by atoms with E-state index in [1.54, 1.807) is 6.07 Å². The molecule has 1 heterocycles. The molecule has 0 unspecified atom stereocenters. The van der Waals surface area contributed by atoms with E-state index >= 15 is 0 Å². The first kappa shape index (κ1) is 13.2. The SMILES string of the molecule is CCC1=Cc2cccc(O)c2C(=C2CC2)N1c1ccccc1. The van der Waals surface area contributed by atoms with E-state index in [-0.39, 0.29) is 0 Å². The molecule has 2 nitrogen and oxygen atoms in total. The lowest BCUT2D eigenvalue weighted by Gasteiger charge is -2.34. The average molecular weight is 289 g/mol. The van der Waals surface area contributed by atoms with Gasteiger partial charge in [-0.1, -0.05) is 37.3 Å². The van der Waals surface area contributed by atoms with Gasteiger partial charge in [0.05, 0.1) is 5.70 Å². The van der Waals surface area contributed by atoms with Crippen LogP contribution < -0.4 is 4.90 Å². The van der Waals surface area contributed by atoms with E-state index in [2.05, 4.69) is 48.2 Å². The molecule has 0 aromatic heterocycles. The minimum Gasteiger partial charge on any atom is -0.507 e. The normalized spacial score (nSPS) is 16.4. The van der Waals surface area contributed by atoms with Crippen LogP contribution in [0.3, 0.4) is 0 Å². The first-order chi connectivity index (χ1) is 10.8. The van der Waals surface area contributed by atoms with Crippen molar-refractivity contribution in [1.29, 1.82) is 0 Å². The first-order valence-electron chi connectivity index (χ1n) is 7.89. The second-order valence-corrected chi connectivity index (χ2v) is 5.85. The van der Waals surface area contributed by atoms with E-state index in [1.165, 1.54) is 22.7 Å². The Bertz CT molecular complexity index is 781. The molecule has 1 N–H and O–H groups in total. The van der Waals surface area contributed by atoms with Crippen LogP contribution in [0.25, 0.3) is 11.8 Å². The van der Waals surface area contributed by atoms with Gasteiger partial charge in [0.15, 0.2) is 0 Å². The fourth-order valence-corrected chi connectivity index (χ4v) is 3.20. The van der Waals surface area contributed by atoms with E-state index in [9.17, 15) is 5.11 Å². The van der Waals surface area contributed by atoms with Crippen LogP contribution in [0.1, 0.15) is 37.3 Å². The van der Waals surface area contributed by atoms with Gasteiger partial charge in [-0.3, -0.25) is 0 Å². The largest absolute Gasteiger partial charge is 0.507 e. The molecule has 1 aliphatic carbocycles. The number of para-hydroxylation sites is 1. The Hall–Kier alpha value is -2.48. The maximum absolute atomic E-state index is 10.4. The van der Waals surface area contributed by atoms with Gasteiger partial charge < -0.3 is 10.0 Å². The van der Waals surface area contributed by atoms with Crippen LogP contribution in [0.5, 0.6) is 5.75 Å². The Morgan fingerprint density at radius 3 is 2.45 bits per heavy atom. The Morgan fingerprint density at radius 2 is 1.77 bits per heavy atom. The second kappa shape index (κ2) is 5.06. The summed E-state index contributed by atoms with van der Waals surface area (Å²) in [5.74, 6) is 0.374. The van der Waals surface area contributed by atoms with Gasteiger partial charge in [0.1, 0.15) is 5.75 Å². The number of benzene rings is 2. The molecule has 0 amide bonds. The second-order valence-electron chi connectivity index (χ2n) is 5.85. The summed E-state index contributed by atoms with van der Waals surface area (Å²) in [6.45, 7) is 2.19. The van der Waals surface area contributed by atoms with Crippen molar-refractivity contribution in [3.8, 4) is 5.75 Å². The molecule has 22 heavy (non-hydrogen) atoms. The quantitative estimate of drug-likeness (QED) is 0.824. The summed E-state index contributed by atoms with van der Waals surface area (Å²) in [5, 5.41) is 10.4. The molecule has 0 bridgehead atoms. The molecular formula is C20H19NO. The van der Waals surface area contributed by atoms with Crippen molar-refractivity contribution in [2.45, 2.75) is 26.2 Å². The molecule has 1 saturated carbocycles. The van der Waals surface area contributed by atoms with Gasteiger partial charge in [0.25, 0.3) is 0 Å². The summed E-state index contributed by atoms with van der Waals surface area (Å²) in [6, 6.07) is 16.3. The number of rotatable bonds is 2. The maximum atomic E-state index is 10.4. The molecule has 0 spiro atoms. The Labute approximate surface area is 131 Å². The highest BCUT2D eigenvalue weighted by molar-refractivity contribution is 5.95. The van der Waals surface area contributed by atoms with Crippen LogP contribution in [-0.2, 0) is 0 Å². The minimum absolute atomic E-state index is 0.374. The topological polar surface area (TPSA) is 23.5 Å². The molecule has 0 saturated heterocycles. The predicted octanol–water partition coefficient (Wildman–Crippen LogP) is 5.17. The van der Waals surface area contributed by atoms with Gasteiger partial charge in [-0.2, -0.15) is 0 Å². The molecule has 1 aliphatic heterocycles. The third-order valence-corrected chi connectivity index (χ3v) is 4.36. The number of aromatic hydroxyl groups is 1. The number of phenols is 1. The molecule has 110 valence electrons. The number of hydrogen-bond donors (Lipinski definition) is 1. The van der Waals surface area contributed by atoms with Crippen LogP contribution in [0.15, 0.2) is 59.8 Å². The van der Waals surface area contributed by atoms with Gasteiger partial charge in [-0.05, 0) is 54.7 Å². The molecule has 2 heteroatoms. The number of phenolic OH excluding ortho intramolecular Hbond substituents is 1. The van der Waals surface area contributed by atoms with Crippen LogP contribution in [0.4, 0.5) is 5.69 Å². The van der Waals surface area contributed by atoms with Gasteiger partial charge in [-0.25, -0.2) is 0 Å². The van der Waals surface area contributed by atoms with E-state index in [0.29, 0.717) is 5.75 Å². The molecule has 0 radical (unpaired) electrons.